The molecule has 1 aliphatic carbocycles. The van der Waals surface area contributed by atoms with Gasteiger partial charge in [-0.25, -0.2) is 13.4 Å². The summed E-state index contributed by atoms with van der Waals surface area (Å²) >= 11 is 0.979. The number of nitrogens with zero attached hydrogens (tertiary/aromatic N) is 3. The highest BCUT2D eigenvalue weighted by molar-refractivity contribution is 7.93. The average molecular weight is 475 g/mol. The summed E-state index contributed by atoms with van der Waals surface area (Å²) in [6.45, 7) is 7.35. The summed E-state index contributed by atoms with van der Waals surface area (Å²) in [5, 5.41) is 11.8. The molecule has 7 nitrogen and oxygen atoms in total. The summed E-state index contributed by atoms with van der Waals surface area (Å²) in [5.41, 5.74) is 7.12. The second-order valence-corrected chi connectivity index (χ2v) is 12.8. The number of hydrogen-bond acceptors (Lipinski definition) is 6. The quantitative estimate of drug-likeness (QED) is 0.236. The van der Waals surface area contributed by atoms with Gasteiger partial charge in [-0.05, 0) is 49.1 Å². The Morgan fingerprint density at radius 2 is 1.94 bits per heavy atom. The van der Waals surface area contributed by atoms with Crippen LogP contribution in [0.2, 0.25) is 0 Å². The van der Waals surface area contributed by atoms with Gasteiger partial charge in [0.05, 0.1) is 20.8 Å². The van der Waals surface area contributed by atoms with Crippen molar-refractivity contribution >= 4 is 38.0 Å². The molecule has 2 aromatic heterocycles. The highest BCUT2D eigenvalue weighted by Crippen LogP contribution is 2.34. The van der Waals surface area contributed by atoms with Crippen molar-refractivity contribution in [3.8, 4) is 0 Å². The van der Waals surface area contributed by atoms with Gasteiger partial charge in [0.1, 0.15) is 10.0 Å². The smallest absolute Gasteiger partial charge is 0.216 e. The third-order valence-electron chi connectivity index (χ3n) is 6.07. The van der Waals surface area contributed by atoms with Crippen molar-refractivity contribution in [1.82, 2.24) is 9.55 Å². The van der Waals surface area contributed by atoms with Crippen LogP contribution in [0, 0.1) is 5.92 Å². The third kappa shape index (κ3) is 4.28. The molecule has 0 saturated heterocycles. The molecule has 2 heterocycles. The Kier molecular flexibility index (Phi) is 6.06. The first kappa shape index (κ1) is 22.8. The van der Waals surface area contributed by atoms with Crippen molar-refractivity contribution in [3.63, 3.8) is 0 Å². The minimum Gasteiger partial charge on any atom is -0.409 e. The fraction of sp³-hybridized carbons (Fsp3) is 0.478. The topological polar surface area (TPSA) is 111 Å². The van der Waals surface area contributed by atoms with Gasteiger partial charge in [0.15, 0.2) is 5.84 Å². The first-order valence-electron chi connectivity index (χ1n) is 10.9. The van der Waals surface area contributed by atoms with Crippen LogP contribution in [0.3, 0.4) is 0 Å². The number of imidazole rings is 1. The molecule has 0 aliphatic heterocycles. The summed E-state index contributed by atoms with van der Waals surface area (Å²) in [6, 6.07) is 8.24. The molecule has 1 aliphatic rings. The molecule has 172 valence electrons. The lowest BCUT2D eigenvalue weighted by molar-refractivity contribution is 0.313. The van der Waals surface area contributed by atoms with E-state index in [2.05, 4.69) is 30.5 Å². The summed E-state index contributed by atoms with van der Waals surface area (Å²) in [6.07, 6.45) is 6.33. The standard InChI is InChI=1S/C23H30N4O3S2/c1-23(2,3)22-25-17-13-16(32(29,30)20-12-11-19(31-20)21(24)26-28)9-10-18(17)27(22)14-15-7-5-4-6-8-15/h9-13,15,28H,4-8,14H2,1-3H3,(H2,24,26). The lowest BCUT2D eigenvalue weighted by Gasteiger charge is -2.26. The summed E-state index contributed by atoms with van der Waals surface area (Å²) in [7, 11) is -3.74. The fourth-order valence-electron chi connectivity index (χ4n) is 4.43. The molecular formula is C23H30N4O3S2. The van der Waals surface area contributed by atoms with E-state index >= 15 is 0 Å². The molecule has 9 heteroatoms. The van der Waals surface area contributed by atoms with Gasteiger partial charge in [-0.2, -0.15) is 0 Å². The largest absolute Gasteiger partial charge is 0.409 e. The van der Waals surface area contributed by atoms with Gasteiger partial charge in [-0.3, -0.25) is 0 Å². The number of nitrogens with two attached hydrogens (primary N) is 1. The van der Waals surface area contributed by atoms with Gasteiger partial charge < -0.3 is 15.5 Å². The van der Waals surface area contributed by atoms with Crippen molar-refractivity contribution in [1.29, 1.82) is 0 Å². The van der Waals surface area contributed by atoms with Crippen molar-refractivity contribution in [3.05, 3.63) is 41.0 Å². The van der Waals surface area contributed by atoms with E-state index in [-0.39, 0.29) is 20.4 Å². The van der Waals surface area contributed by atoms with Crippen LogP contribution < -0.4 is 5.73 Å². The van der Waals surface area contributed by atoms with Crippen LogP contribution in [0.25, 0.3) is 11.0 Å². The van der Waals surface area contributed by atoms with Crippen molar-refractivity contribution < 1.29 is 13.6 Å². The second-order valence-electron chi connectivity index (χ2n) is 9.56. The van der Waals surface area contributed by atoms with Gasteiger partial charge in [0.25, 0.3) is 0 Å². The molecule has 0 spiro atoms. The van der Waals surface area contributed by atoms with Gasteiger partial charge in [0, 0.05) is 12.0 Å². The molecule has 3 aromatic rings. The third-order valence-corrected chi connectivity index (χ3v) is 9.42. The number of rotatable bonds is 5. The highest BCUT2D eigenvalue weighted by atomic mass is 32.2. The normalized spacial score (nSPS) is 16.7. The number of amidine groups is 1. The Balaban J connectivity index is 1.76. The van der Waals surface area contributed by atoms with Crippen LogP contribution in [0.15, 0.2) is 44.6 Å². The predicted molar refractivity (Wildman–Crippen MR) is 127 cm³/mol. The van der Waals surface area contributed by atoms with Crippen molar-refractivity contribution in [2.24, 2.45) is 16.8 Å². The maximum absolute atomic E-state index is 13.2. The number of thiophene rings is 1. The Labute approximate surface area is 192 Å². The van der Waals surface area contributed by atoms with Gasteiger partial charge in [-0.15, -0.1) is 11.3 Å². The van der Waals surface area contributed by atoms with Crippen LogP contribution in [-0.2, 0) is 21.8 Å². The second kappa shape index (κ2) is 8.51. The van der Waals surface area contributed by atoms with E-state index in [0.29, 0.717) is 16.3 Å². The molecule has 1 fully saturated rings. The van der Waals surface area contributed by atoms with E-state index in [0.717, 1.165) is 29.2 Å². The average Bonchev–Trinajstić information content (AvgIpc) is 3.39. The number of benzene rings is 1. The van der Waals surface area contributed by atoms with E-state index in [1.807, 2.05) is 6.07 Å². The lowest BCUT2D eigenvalue weighted by Crippen LogP contribution is -2.22. The number of aromatic nitrogens is 2. The molecular weight excluding hydrogens is 444 g/mol. The molecule has 1 saturated carbocycles. The Morgan fingerprint density at radius 1 is 1.22 bits per heavy atom. The van der Waals surface area contributed by atoms with Gasteiger partial charge >= 0.3 is 0 Å². The summed E-state index contributed by atoms with van der Waals surface area (Å²) in [5.74, 6) is 1.51. The predicted octanol–water partition coefficient (Wildman–Crippen LogP) is 4.90. The Bertz CT molecular complexity index is 1260. The van der Waals surface area contributed by atoms with E-state index < -0.39 is 9.84 Å². The summed E-state index contributed by atoms with van der Waals surface area (Å²) < 4.78 is 28.9. The molecule has 3 N–H and O–H groups in total. The maximum Gasteiger partial charge on any atom is 0.216 e. The zero-order valence-electron chi connectivity index (χ0n) is 18.7. The minimum atomic E-state index is -3.74. The SMILES string of the molecule is CC(C)(C)c1nc2cc(S(=O)(=O)c3ccc(/C(N)=N/O)s3)ccc2n1CC1CCCCC1. The van der Waals surface area contributed by atoms with Crippen LogP contribution in [-0.4, -0.2) is 29.0 Å². The fourth-order valence-corrected chi connectivity index (χ4v) is 7.05. The zero-order valence-corrected chi connectivity index (χ0v) is 20.3. The zero-order chi connectivity index (χ0) is 23.1. The molecule has 0 atom stereocenters. The molecule has 0 unspecified atom stereocenters. The number of fused-ring (bicyclic) bond motifs is 1. The Morgan fingerprint density at radius 3 is 2.59 bits per heavy atom. The molecule has 1 aromatic carbocycles. The Hall–Kier alpha value is -2.39. The van der Waals surface area contributed by atoms with E-state index in [1.165, 1.54) is 38.2 Å². The molecule has 32 heavy (non-hydrogen) atoms. The first-order valence-corrected chi connectivity index (χ1v) is 13.2. The van der Waals surface area contributed by atoms with Crippen LogP contribution >= 0.6 is 11.3 Å². The van der Waals surface area contributed by atoms with E-state index in [4.69, 9.17) is 15.9 Å². The molecule has 0 amide bonds. The molecule has 0 radical (unpaired) electrons. The monoisotopic (exact) mass is 474 g/mol. The molecule has 0 bridgehead atoms. The van der Waals surface area contributed by atoms with Gasteiger partial charge in [-0.1, -0.05) is 45.2 Å². The van der Waals surface area contributed by atoms with Crippen LogP contribution in [0.4, 0.5) is 0 Å². The minimum absolute atomic E-state index is 0.108. The number of hydrogen-bond donors (Lipinski definition) is 2. The first-order chi connectivity index (χ1) is 15.1. The maximum atomic E-state index is 13.2. The van der Waals surface area contributed by atoms with Crippen molar-refractivity contribution in [2.75, 3.05) is 0 Å². The molecule has 4 rings (SSSR count). The van der Waals surface area contributed by atoms with Crippen molar-refractivity contribution in [2.45, 2.75) is 73.9 Å². The van der Waals surface area contributed by atoms with Crippen LogP contribution in [0.5, 0.6) is 0 Å². The van der Waals surface area contributed by atoms with E-state index in [1.54, 1.807) is 18.2 Å². The highest BCUT2D eigenvalue weighted by Gasteiger charge is 2.27. The summed E-state index contributed by atoms with van der Waals surface area (Å²) in [4.78, 5) is 5.49. The van der Waals surface area contributed by atoms with E-state index in [9.17, 15) is 8.42 Å². The number of oxime groups is 1. The van der Waals surface area contributed by atoms with Crippen LogP contribution in [0.1, 0.15) is 63.6 Å². The van der Waals surface area contributed by atoms with Gasteiger partial charge in [0.2, 0.25) is 9.84 Å². The number of sulfone groups is 1. The lowest BCUT2D eigenvalue weighted by atomic mass is 9.88.